The van der Waals surface area contributed by atoms with E-state index in [0.717, 1.165) is 23.5 Å². The molecular weight excluding hydrogens is 238 g/mol. The lowest BCUT2D eigenvalue weighted by atomic mass is 10.1. The van der Waals surface area contributed by atoms with E-state index in [0.29, 0.717) is 6.42 Å². The first-order valence-electron chi connectivity index (χ1n) is 6.38. The maximum absolute atomic E-state index is 8.86. The van der Waals surface area contributed by atoms with Crippen molar-refractivity contribution in [3.05, 3.63) is 59.7 Å². The van der Waals surface area contributed by atoms with Crippen molar-refractivity contribution >= 4 is 5.69 Å². The largest absolute Gasteiger partial charge is 0.497 e. The Morgan fingerprint density at radius 2 is 1.84 bits per heavy atom. The Bertz CT molecular complexity index is 508. The van der Waals surface area contributed by atoms with Gasteiger partial charge in [0.1, 0.15) is 5.75 Å². The summed E-state index contributed by atoms with van der Waals surface area (Å²) >= 11 is 0. The van der Waals surface area contributed by atoms with Crippen LogP contribution in [0.2, 0.25) is 0 Å². The van der Waals surface area contributed by atoms with Crippen LogP contribution in [0.25, 0.3) is 0 Å². The monoisotopic (exact) mass is 257 g/mol. The fourth-order valence-electron chi connectivity index (χ4n) is 1.90. The molecule has 2 aromatic carbocycles. The highest BCUT2D eigenvalue weighted by Crippen LogP contribution is 2.15. The molecule has 3 nitrogen and oxygen atoms in total. The van der Waals surface area contributed by atoms with E-state index in [1.165, 1.54) is 5.56 Å². The van der Waals surface area contributed by atoms with Gasteiger partial charge in [-0.15, -0.1) is 0 Å². The number of hydrogen-bond donors (Lipinski definition) is 2. The molecule has 0 amide bonds. The normalized spacial score (nSPS) is 10.2. The lowest BCUT2D eigenvalue weighted by Gasteiger charge is -2.08. The summed E-state index contributed by atoms with van der Waals surface area (Å²) in [6.07, 6.45) is 0.705. The topological polar surface area (TPSA) is 41.5 Å². The molecule has 100 valence electrons. The number of benzene rings is 2. The van der Waals surface area contributed by atoms with Gasteiger partial charge in [-0.1, -0.05) is 24.3 Å². The number of ether oxygens (including phenoxy) is 1. The van der Waals surface area contributed by atoms with Crippen LogP contribution in [0.4, 0.5) is 5.69 Å². The molecule has 3 heteroatoms. The van der Waals surface area contributed by atoms with E-state index in [1.54, 1.807) is 7.11 Å². The van der Waals surface area contributed by atoms with Gasteiger partial charge in [-0.05, 0) is 41.8 Å². The Hall–Kier alpha value is -2.00. The van der Waals surface area contributed by atoms with Crippen LogP contribution in [0, 0.1) is 0 Å². The molecule has 19 heavy (non-hydrogen) atoms. The van der Waals surface area contributed by atoms with Crippen molar-refractivity contribution in [2.75, 3.05) is 19.0 Å². The van der Waals surface area contributed by atoms with Gasteiger partial charge in [-0.25, -0.2) is 0 Å². The summed E-state index contributed by atoms with van der Waals surface area (Å²) in [5, 5.41) is 12.2. The van der Waals surface area contributed by atoms with Gasteiger partial charge in [-0.2, -0.15) is 0 Å². The van der Waals surface area contributed by atoms with Gasteiger partial charge in [0.15, 0.2) is 0 Å². The Labute approximate surface area is 113 Å². The highest BCUT2D eigenvalue weighted by atomic mass is 16.5. The third-order valence-electron chi connectivity index (χ3n) is 2.99. The molecule has 0 aliphatic heterocycles. The second kappa shape index (κ2) is 6.81. The SMILES string of the molecule is COc1cccc(CNc2ccc(CCO)cc2)c1. The minimum atomic E-state index is 0.191. The molecule has 0 radical (unpaired) electrons. The Morgan fingerprint density at radius 1 is 1.05 bits per heavy atom. The molecule has 0 spiro atoms. The average Bonchev–Trinajstić information content (AvgIpc) is 2.47. The molecule has 0 aromatic heterocycles. The lowest BCUT2D eigenvalue weighted by Crippen LogP contribution is -2.00. The van der Waals surface area contributed by atoms with Crippen molar-refractivity contribution in [2.45, 2.75) is 13.0 Å². The molecular formula is C16H19NO2. The van der Waals surface area contributed by atoms with Crippen LogP contribution in [0.3, 0.4) is 0 Å². The molecule has 0 unspecified atom stereocenters. The predicted octanol–water partition coefficient (Wildman–Crippen LogP) is 2.84. The second-order valence-corrected chi connectivity index (χ2v) is 4.38. The molecule has 0 saturated carbocycles. The van der Waals surface area contributed by atoms with Crippen LogP contribution in [0.1, 0.15) is 11.1 Å². The third-order valence-corrected chi connectivity index (χ3v) is 2.99. The quantitative estimate of drug-likeness (QED) is 0.836. The van der Waals surface area contributed by atoms with Gasteiger partial charge >= 0.3 is 0 Å². The van der Waals surface area contributed by atoms with Gasteiger partial charge in [0.05, 0.1) is 7.11 Å². The summed E-state index contributed by atoms with van der Waals surface area (Å²) in [6.45, 7) is 0.952. The fraction of sp³-hybridized carbons (Fsp3) is 0.250. The Morgan fingerprint density at radius 3 is 2.53 bits per heavy atom. The molecule has 0 fully saturated rings. The van der Waals surface area contributed by atoms with Crippen molar-refractivity contribution in [1.29, 1.82) is 0 Å². The first kappa shape index (κ1) is 13.4. The zero-order chi connectivity index (χ0) is 13.5. The summed E-state index contributed by atoms with van der Waals surface area (Å²) in [7, 11) is 1.67. The summed E-state index contributed by atoms with van der Waals surface area (Å²) in [6, 6.07) is 16.1. The first-order chi connectivity index (χ1) is 9.31. The maximum Gasteiger partial charge on any atom is 0.119 e. The minimum absolute atomic E-state index is 0.191. The van der Waals surface area contributed by atoms with Crippen LogP contribution in [0.15, 0.2) is 48.5 Å². The number of rotatable bonds is 6. The van der Waals surface area contributed by atoms with Crippen molar-refractivity contribution in [3.63, 3.8) is 0 Å². The Balaban J connectivity index is 1.94. The average molecular weight is 257 g/mol. The number of nitrogens with one attached hydrogen (secondary N) is 1. The molecule has 2 aromatic rings. The molecule has 0 heterocycles. The zero-order valence-electron chi connectivity index (χ0n) is 11.1. The van der Waals surface area contributed by atoms with Crippen molar-refractivity contribution < 1.29 is 9.84 Å². The van der Waals surface area contributed by atoms with Crippen LogP contribution < -0.4 is 10.1 Å². The van der Waals surface area contributed by atoms with Gasteiger partial charge < -0.3 is 15.2 Å². The number of methoxy groups -OCH3 is 1. The van der Waals surface area contributed by atoms with Crippen molar-refractivity contribution in [3.8, 4) is 5.75 Å². The summed E-state index contributed by atoms with van der Waals surface area (Å²) in [5.74, 6) is 0.873. The fourth-order valence-corrected chi connectivity index (χ4v) is 1.90. The summed E-state index contributed by atoms with van der Waals surface area (Å²) in [4.78, 5) is 0. The van der Waals surface area contributed by atoms with Crippen molar-refractivity contribution in [1.82, 2.24) is 0 Å². The molecule has 0 aliphatic carbocycles. The van der Waals surface area contributed by atoms with Gasteiger partial charge in [0.2, 0.25) is 0 Å². The molecule has 0 atom stereocenters. The van der Waals surface area contributed by atoms with E-state index >= 15 is 0 Å². The van der Waals surface area contributed by atoms with E-state index in [9.17, 15) is 0 Å². The van der Waals surface area contributed by atoms with Crippen LogP contribution in [-0.4, -0.2) is 18.8 Å². The van der Waals surface area contributed by atoms with E-state index in [4.69, 9.17) is 9.84 Å². The molecule has 2 N–H and O–H groups in total. The summed E-state index contributed by atoms with van der Waals surface area (Å²) in [5.41, 5.74) is 3.40. The zero-order valence-corrected chi connectivity index (χ0v) is 11.1. The number of anilines is 1. The number of hydrogen-bond acceptors (Lipinski definition) is 3. The van der Waals surface area contributed by atoms with E-state index in [1.807, 2.05) is 42.5 Å². The van der Waals surface area contributed by atoms with Crippen LogP contribution in [0.5, 0.6) is 5.75 Å². The second-order valence-electron chi connectivity index (χ2n) is 4.38. The highest BCUT2D eigenvalue weighted by Gasteiger charge is 1.97. The van der Waals surface area contributed by atoms with E-state index in [2.05, 4.69) is 11.4 Å². The molecule has 2 rings (SSSR count). The van der Waals surface area contributed by atoms with Crippen LogP contribution in [-0.2, 0) is 13.0 Å². The third kappa shape index (κ3) is 4.00. The summed E-state index contributed by atoms with van der Waals surface area (Å²) < 4.78 is 5.20. The predicted molar refractivity (Wildman–Crippen MR) is 77.6 cm³/mol. The maximum atomic E-state index is 8.86. The smallest absolute Gasteiger partial charge is 0.119 e. The standard InChI is InChI=1S/C16H19NO2/c1-19-16-4-2-3-14(11-16)12-17-15-7-5-13(6-8-15)9-10-18/h2-8,11,17-18H,9-10,12H2,1H3. The highest BCUT2D eigenvalue weighted by molar-refractivity contribution is 5.45. The van der Waals surface area contributed by atoms with E-state index < -0.39 is 0 Å². The van der Waals surface area contributed by atoms with Gasteiger partial charge in [-0.3, -0.25) is 0 Å². The number of aliphatic hydroxyl groups is 1. The van der Waals surface area contributed by atoms with E-state index in [-0.39, 0.29) is 6.61 Å². The lowest BCUT2D eigenvalue weighted by molar-refractivity contribution is 0.299. The Kier molecular flexibility index (Phi) is 4.81. The van der Waals surface area contributed by atoms with Crippen molar-refractivity contribution in [2.24, 2.45) is 0 Å². The van der Waals surface area contributed by atoms with Gasteiger partial charge in [0, 0.05) is 18.8 Å². The molecule has 0 bridgehead atoms. The molecule has 0 saturated heterocycles. The number of aliphatic hydroxyl groups excluding tert-OH is 1. The van der Waals surface area contributed by atoms with Crippen LogP contribution >= 0.6 is 0 Å². The molecule has 0 aliphatic rings. The minimum Gasteiger partial charge on any atom is -0.497 e. The van der Waals surface area contributed by atoms with Gasteiger partial charge in [0.25, 0.3) is 0 Å². The first-order valence-corrected chi connectivity index (χ1v) is 6.38.